The fourth-order valence-corrected chi connectivity index (χ4v) is 3.26. The van der Waals surface area contributed by atoms with Crippen molar-refractivity contribution in [1.29, 1.82) is 0 Å². The summed E-state index contributed by atoms with van der Waals surface area (Å²) in [5.41, 5.74) is 3.70. The summed E-state index contributed by atoms with van der Waals surface area (Å²) < 4.78 is 16.3. The number of aromatic nitrogens is 3. The number of halogens is 1. The number of benzene rings is 1. The van der Waals surface area contributed by atoms with Crippen LogP contribution in [0.1, 0.15) is 27.2 Å². The first-order chi connectivity index (χ1) is 12.0. The van der Waals surface area contributed by atoms with Crippen molar-refractivity contribution >= 4 is 22.6 Å². The molecule has 1 aliphatic rings. The molecule has 25 heavy (non-hydrogen) atoms. The van der Waals surface area contributed by atoms with E-state index in [-0.39, 0.29) is 17.4 Å². The van der Waals surface area contributed by atoms with Gasteiger partial charge in [-0.3, -0.25) is 9.48 Å². The summed E-state index contributed by atoms with van der Waals surface area (Å²) in [5, 5.41) is 11.0. The second kappa shape index (κ2) is 5.93. The summed E-state index contributed by atoms with van der Waals surface area (Å²) in [6, 6.07) is 5.20. The molecule has 4 rings (SSSR count). The van der Waals surface area contributed by atoms with Gasteiger partial charge in [-0.05, 0) is 43.1 Å². The number of pyridine rings is 1. The van der Waals surface area contributed by atoms with E-state index in [0.717, 1.165) is 23.2 Å². The summed E-state index contributed by atoms with van der Waals surface area (Å²) in [7, 11) is 1.80. The monoisotopic (exact) mass is 339 g/mol. The van der Waals surface area contributed by atoms with Crippen molar-refractivity contribution in [3.8, 4) is 0 Å². The van der Waals surface area contributed by atoms with Gasteiger partial charge in [0.05, 0.1) is 16.9 Å². The molecular formula is C18H18FN5O. The molecule has 0 spiro atoms. The number of aryl methyl sites for hydroxylation is 2. The van der Waals surface area contributed by atoms with Crippen LogP contribution in [0.3, 0.4) is 0 Å². The van der Waals surface area contributed by atoms with E-state index in [2.05, 4.69) is 20.7 Å². The van der Waals surface area contributed by atoms with E-state index in [1.165, 1.54) is 6.20 Å². The molecule has 7 heteroatoms. The van der Waals surface area contributed by atoms with Gasteiger partial charge in [-0.15, -0.1) is 0 Å². The first-order valence-electron chi connectivity index (χ1n) is 8.16. The smallest absolute Gasteiger partial charge is 0.257 e. The lowest BCUT2D eigenvalue weighted by Gasteiger charge is -2.19. The number of carbonyl (C=O) groups is 1. The summed E-state index contributed by atoms with van der Waals surface area (Å²) >= 11 is 0. The fourth-order valence-electron chi connectivity index (χ4n) is 3.26. The first-order valence-corrected chi connectivity index (χ1v) is 8.16. The van der Waals surface area contributed by atoms with Gasteiger partial charge in [0.1, 0.15) is 5.82 Å². The highest BCUT2D eigenvalue weighted by Gasteiger charge is 2.18. The zero-order valence-electron chi connectivity index (χ0n) is 14.1. The molecule has 6 nitrogen and oxygen atoms in total. The highest BCUT2D eigenvalue weighted by atomic mass is 19.1. The lowest BCUT2D eigenvalue weighted by Crippen LogP contribution is -2.25. The molecule has 3 heterocycles. The van der Waals surface area contributed by atoms with Crippen LogP contribution in [0.2, 0.25) is 0 Å². The van der Waals surface area contributed by atoms with Gasteiger partial charge in [0.2, 0.25) is 0 Å². The highest BCUT2D eigenvalue weighted by Crippen LogP contribution is 2.25. The van der Waals surface area contributed by atoms with Crippen LogP contribution in [0.4, 0.5) is 10.1 Å². The van der Waals surface area contributed by atoms with E-state index in [1.54, 1.807) is 23.9 Å². The van der Waals surface area contributed by atoms with Gasteiger partial charge in [0.25, 0.3) is 5.91 Å². The molecule has 0 bridgehead atoms. The second-order valence-corrected chi connectivity index (χ2v) is 6.25. The van der Waals surface area contributed by atoms with Gasteiger partial charge in [0.15, 0.2) is 5.65 Å². The predicted octanol–water partition coefficient (Wildman–Crippen LogP) is 2.31. The number of hydrogen-bond donors (Lipinski definition) is 2. The standard InChI is InChI=1S/C18H18FN5O/c1-10-14-7-12(9-21-17(14)24(2)23-10)18(25)22-15-4-3-11-8-20-6-5-13(11)16(15)19/h3-4,7,9,20H,5-6,8H2,1-2H3,(H,22,25). The van der Waals surface area contributed by atoms with Gasteiger partial charge < -0.3 is 10.6 Å². The number of fused-ring (bicyclic) bond motifs is 2. The van der Waals surface area contributed by atoms with E-state index >= 15 is 0 Å². The Morgan fingerprint density at radius 3 is 3.08 bits per heavy atom. The molecule has 1 aromatic carbocycles. The number of rotatable bonds is 2. The van der Waals surface area contributed by atoms with Crippen molar-refractivity contribution in [3.63, 3.8) is 0 Å². The minimum Gasteiger partial charge on any atom is -0.319 e. The average molecular weight is 339 g/mol. The Bertz CT molecular complexity index is 995. The van der Waals surface area contributed by atoms with Crippen LogP contribution >= 0.6 is 0 Å². The number of anilines is 1. The molecular weight excluding hydrogens is 321 g/mol. The molecule has 0 saturated carbocycles. The Labute approximate surface area is 144 Å². The summed E-state index contributed by atoms with van der Waals surface area (Å²) in [4.78, 5) is 16.8. The Morgan fingerprint density at radius 1 is 1.40 bits per heavy atom. The maximum Gasteiger partial charge on any atom is 0.257 e. The van der Waals surface area contributed by atoms with Crippen LogP contribution < -0.4 is 10.6 Å². The van der Waals surface area contributed by atoms with E-state index in [9.17, 15) is 9.18 Å². The number of nitrogens with zero attached hydrogens (tertiary/aromatic N) is 3. The second-order valence-electron chi connectivity index (χ2n) is 6.25. The zero-order chi connectivity index (χ0) is 17.6. The van der Waals surface area contributed by atoms with E-state index in [1.807, 2.05) is 13.0 Å². The molecule has 0 unspecified atom stereocenters. The van der Waals surface area contributed by atoms with Gasteiger partial charge >= 0.3 is 0 Å². The quantitative estimate of drug-likeness (QED) is 0.752. The van der Waals surface area contributed by atoms with Gasteiger partial charge in [-0.2, -0.15) is 5.10 Å². The van der Waals surface area contributed by atoms with Crippen molar-refractivity contribution in [2.24, 2.45) is 7.05 Å². The van der Waals surface area contributed by atoms with Crippen LogP contribution in [-0.2, 0) is 20.0 Å². The molecule has 0 fully saturated rings. The van der Waals surface area contributed by atoms with Crippen molar-refractivity contribution < 1.29 is 9.18 Å². The fraction of sp³-hybridized carbons (Fsp3) is 0.278. The predicted molar refractivity (Wildman–Crippen MR) is 93.0 cm³/mol. The molecule has 128 valence electrons. The number of carbonyl (C=O) groups excluding carboxylic acids is 1. The van der Waals surface area contributed by atoms with Crippen LogP contribution in [0.15, 0.2) is 24.4 Å². The number of amides is 1. The topological polar surface area (TPSA) is 71.8 Å². The molecule has 3 aromatic rings. The third kappa shape index (κ3) is 2.66. The third-order valence-corrected chi connectivity index (χ3v) is 4.58. The zero-order valence-corrected chi connectivity index (χ0v) is 14.1. The van der Waals surface area contributed by atoms with Crippen LogP contribution in [0, 0.1) is 12.7 Å². The molecule has 0 saturated heterocycles. The molecule has 2 aromatic heterocycles. The molecule has 1 amide bonds. The average Bonchev–Trinajstić information content (AvgIpc) is 2.91. The Morgan fingerprint density at radius 2 is 2.24 bits per heavy atom. The van der Waals surface area contributed by atoms with Crippen LogP contribution in [0.5, 0.6) is 0 Å². The van der Waals surface area contributed by atoms with E-state index < -0.39 is 0 Å². The normalized spacial score (nSPS) is 13.7. The minimum absolute atomic E-state index is 0.202. The molecule has 1 aliphatic heterocycles. The molecule has 0 aliphatic carbocycles. The van der Waals surface area contributed by atoms with Crippen molar-refractivity contribution in [2.45, 2.75) is 19.9 Å². The maximum atomic E-state index is 14.7. The molecule has 2 N–H and O–H groups in total. The first kappa shape index (κ1) is 15.7. The molecule has 0 atom stereocenters. The van der Waals surface area contributed by atoms with Gasteiger partial charge in [-0.25, -0.2) is 9.37 Å². The van der Waals surface area contributed by atoms with E-state index in [0.29, 0.717) is 29.7 Å². The van der Waals surface area contributed by atoms with E-state index in [4.69, 9.17) is 0 Å². The number of hydrogen-bond acceptors (Lipinski definition) is 4. The highest BCUT2D eigenvalue weighted by molar-refractivity contribution is 6.05. The lowest BCUT2D eigenvalue weighted by molar-refractivity contribution is 0.102. The SMILES string of the molecule is Cc1nn(C)c2ncc(C(=O)Nc3ccc4c(c3F)CCNC4)cc12. The third-order valence-electron chi connectivity index (χ3n) is 4.58. The van der Waals surface area contributed by atoms with Crippen LogP contribution in [-0.4, -0.2) is 27.2 Å². The van der Waals surface area contributed by atoms with Crippen molar-refractivity contribution in [2.75, 3.05) is 11.9 Å². The lowest BCUT2D eigenvalue weighted by atomic mass is 9.99. The largest absolute Gasteiger partial charge is 0.319 e. The molecule has 0 radical (unpaired) electrons. The van der Waals surface area contributed by atoms with Crippen molar-refractivity contribution in [3.05, 3.63) is 52.6 Å². The Hall–Kier alpha value is -2.80. The Kier molecular flexibility index (Phi) is 3.73. The maximum absolute atomic E-state index is 14.7. The summed E-state index contributed by atoms with van der Waals surface area (Å²) in [6.07, 6.45) is 2.10. The summed E-state index contributed by atoms with van der Waals surface area (Å²) in [5.74, 6) is -0.732. The van der Waals surface area contributed by atoms with Gasteiger partial charge in [-0.1, -0.05) is 6.07 Å². The summed E-state index contributed by atoms with van der Waals surface area (Å²) in [6.45, 7) is 3.26. The van der Waals surface area contributed by atoms with Gasteiger partial charge in [0, 0.05) is 25.2 Å². The van der Waals surface area contributed by atoms with Crippen LogP contribution in [0.25, 0.3) is 11.0 Å². The Balaban J connectivity index is 1.65. The minimum atomic E-state index is -0.384. The van der Waals surface area contributed by atoms with Crippen molar-refractivity contribution in [1.82, 2.24) is 20.1 Å². The number of nitrogens with one attached hydrogen (secondary N) is 2.